The van der Waals surface area contributed by atoms with Crippen molar-refractivity contribution in [2.24, 2.45) is 0 Å². The predicted octanol–water partition coefficient (Wildman–Crippen LogP) is 2.42. The van der Waals surface area contributed by atoms with Gasteiger partial charge in [-0.25, -0.2) is 15.0 Å². The Morgan fingerprint density at radius 2 is 1.82 bits per heavy atom. The highest BCUT2D eigenvalue weighted by atomic mass is 16.5. The SMILES string of the molecule is CNC(=O)c1cc(N[C@H]2CC[C@@H](Oc3cc(N4CCOCC4)cc4nccnc34)CC2)ncn1. The minimum absolute atomic E-state index is 0.107. The van der Waals surface area contributed by atoms with Crippen LogP contribution in [0.15, 0.2) is 36.9 Å². The monoisotopic (exact) mass is 463 g/mol. The number of morpholine rings is 1. The molecule has 5 rings (SSSR count). The Labute approximate surface area is 198 Å². The van der Waals surface area contributed by atoms with E-state index in [1.165, 1.54) is 6.33 Å². The Bertz CT molecular complexity index is 1140. The van der Waals surface area contributed by atoms with Crippen LogP contribution in [0.5, 0.6) is 5.75 Å². The van der Waals surface area contributed by atoms with Gasteiger partial charge >= 0.3 is 0 Å². The molecule has 1 aliphatic carbocycles. The van der Waals surface area contributed by atoms with Gasteiger partial charge in [0.25, 0.3) is 5.91 Å². The van der Waals surface area contributed by atoms with E-state index < -0.39 is 0 Å². The van der Waals surface area contributed by atoms with Crippen LogP contribution in [0.2, 0.25) is 0 Å². The number of nitrogens with zero attached hydrogens (tertiary/aromatic N) is 5. The third kappa shape index (κ3) is 5.01. The zero-order valence-corrected chi connectivity index (χ0v) is 19.2. The second kappa shape index (κ2) is 10.2. The van der Waals surface area contributed by atoms with Crippen molar-refractivity contribution in [3.8, 4) is 5.75 Å². The molecule has 1 aromatic carbocycles. The third-order valence-electron chi connectivity index (χ3n) is 6.35. The van der Waals surface area contributed by atoms with E-state index in [4.69, 9.17) is 9.47 Å². The summed E-state index contributed by atoms with van der Waals surface area (Å²) in [4.78, 5) is 31.5. The van der Waals surface area contributed by atoms with Gasteiger partial charge < -0.3 is 25.0 Å². The maximum atomic E-state index is 11.8. The molecule has 2 aromatic heterocycles. The van der Waals surface area contributed by atoms with E-state index in [2.05, 4.69) is 47.6 Å². The molecule has 2 fully saturated rings. The first-order valence-electron chi connectivity index (χ1n) is 11.7. The van der Waals surface area contributed by atoms with Gasteiger partial charge in [-0.05, 0) is 31.7 Å². The Morgan fingerprint density at radius 1 is 1.03 bits per heavy atom. The highest BCUT2D eigenvalue weighted by Crippen LogP contribution is 2.33. The molecule has 1 saturated carbocycles. The normalized spacial score (nSPS) is 20.7. The number of rotatable bonds is 6. The molecule has 2 N–H and O–H groups in total. The standard InChI is InChI=1S/C24H29N7O3/c1-25-24(32)20-14-22(29-15-28-20)30-16-2-4-18(5-3-16)34-21-13-17(31-8-10-33-11-9-31)12-19-23(21)27-7-6-26-19/h6-7,12-16,18H,2-5,8-11H2,1H3,(H,25,32)(H,28,29,30)/t16-,18+. The van der Waals surface area contributed by atoms with E-state index in [9.17, 15) is 4.79 Å². The Hall–Kier alpha value is -3.53. The van der Waals surface area contributed by atoms with Gasteiger partial charge in [-0.15, -0.1) is 0 Å². The quantitative estimate of drug-likeness (QED) is 0.569. The van der Waals surface area contributed by atoms with E-state index in [-0.39, 0.29) is 18.1 Å². The highest BCUT2D eigenvalue weighted by Gasteiger charge is 2.24. The number of anilines is 2. The largest absolute Gasteiger partial charge is 0.488 e. The second-order valence-corrected chi connectivity index (χ2v) is 8.57. The summed E-state index contributed by atoms with van der Waals surface area (Å²) in [6.45, 7) is 3.16. The first-order valence-corrected chi connectivity index (χ1v) is 11.7. The average molecular weight is 464 g/mol. The zero-order valence-electron chi connectivity index (χ0n) is 19.2. The molecule has 0 radical (unpaired) electrons. The number of carbonyl (C=O) groups excluding carboxylic acids is 1. The summed E-state index contributed by atoms with van der Waals surface area (Å²) in [5, 5.41) is 6.03. The minimum atomic E-state index is -0.225. The van der Waals surface area contributed by atoms with E-state index in [1.807, 2.05) is 0 Å². The molecule has 0 atom stereocenters. The summed E-state index contributed by atoms with van der Waals surface area (Å²) in [6.07, 6.45) is 8.65. The molecule has 2 aliphatic rings. The van der Waals surface area contributed by atoms with Gasteiger partial charge in [-0.2, -0.15) is 0 Å². The summed E-state index contributed by atoms with van der Waals surface area (Å²) >= 11 is 0. The van der Waals surface area contributed by atoms with Crippen LogP contribution < -0.4 is 20.3 Å². The van der Waals surface area contributed by atoms with Gasteiger partial charge in [-0.1, -0.05) is 0 Å². The van der Waals surface area contributed by atoms with Crippen molar-refractivity contribution in [2.75, 3.05) is 43.6 Å². The van der Waals surface area contributed by atoms with Crippen molar-refractivity contribution in [2.45, 2.75) is 37.8 Å². The number of benzene rings is 1. The van der Waals surface area contributed by atoms with Crippen LogP contribution in [0.1, 0.15) is 36.2 Å². The molecule has 10 nitrogen and oxygen atoms in total. The van der Waals surface area contributed by atoms with Gasteiger partial charge in [0.15, 0.2) is 0 Å². The summed E-state index contributed by atoms with van der Waals surface area (Å²) in [6, 6.07) is 6.12. The number of aromatic nitrogens is 4. The molecule has 3 heterocycles. The fourth-order valence-corrected chi connectivity index (χ4v) is 4.52. The molecule has 0 unspecified atom stereocenters. The van der Waals surface area contributed by atoms with Crippen LogP contribution in [0.4, 0.5) is 11.5 Å². The van der Waals surface area contributed by atoms with E-state index in [1.54, 1.807) is 25.5 Å². The molecule has 0 bridgehead atoms. The molecular weight excluding hydrogens is 434 g/mol. The maximum absolute atomic E-state index is 11.8. The molecule has 1 saturated heterocycles. The lowest BCUT2D eigenvalue weighted by atomic mass is 9.93. The minimum Gasteiger partial charge on any atom is -0.488 e. The lowest BCUT2D eigenvalue weighted by Gasteiger charge is -2.31. The third-order valence-corrected chi connectivity index (χ3v) is 6.35. The first kappa shape index (κ1) is 22.3. The lowest BCUT2D eigenvalue weighted by molar-refractivity contribution is 0.0958. The lowest BCUT2D eigenvalue weighted by Crippen LogP contribution is -2.36. The number of ether oxygens (including phenoxy) is 2. The number of hydrogen-bond acceptors (Lipinski definition) is 9. The number of hydrogen-bond donors (Lipinski definition) is 2. The van der Waals surface area contributed by atoms with Gasteiger partial charge in [0.05, 0.1) is 24.8 Å². The highest BCUT2D eigenvalue weighted by molar-refractivity contribution is 5.92. The van der Waals surface area contributed by atoms with E-state index >= 15 is 0 Å². The molecule has 10 heteroatoms. The fourth-order valence-electron chi connectivity index (χ4n) is 4.52. The van der Waals surface area contributed by atoms with Crippen LogP contribution in [-0.2, 0) is 4.74 Å². The van der Waals surface area contributed by atoms with Crippen LogP contribution in [0.25, 0.3) is 11.0 Å². The average Bonchev–Trinajstić information content (AvgIpc) is 2.90. The van der Waals surface area contributed by atoms with Crippen molar-refractivity contribution in [3.63, 3.8) is 0 Å². The van der Waals surface area contributed by atoms with Crippen LogP contribution >= 0.6 is 0 Å². The molecule has 3 aromatic rings. The van der Waals surface area contributed by atoms with Crippen molar-refractivity contribution in [1.82, 2.24) is 25.3 Å². The van der Waals surface area contributed by atoms with Gasteiger partial charge in [-0.3, -0.25) is 9.78 Å². The summed E-state index contributed by atoms with van der Waals surface area (Å²) in [5.74, 6) is 1.23. The molecule has 0 spiro atoms. The fraction of sp³-hybridized carbons (Fsp3) is 0.458. The summed E-state index contributed by atoms with van der Waals surface area (Å²) in [7, 11) is 1.59. The van der Waals surface area contributed by atoms with Gasteiger partial charge in [0.1, 0.15) is 29.1 Å². The van der Waals surface area contributed by atoms with Crippen LogP contribution in [0, 0.1) is 0 Å². The maximum Gasteiger partial charge on any atom is 0.269 e. The van der Waals surface area contributed by atoms with Crippen molar-refractivity contribution in [1.29, 1.82) is 0 Å². The molecular formula is C24H29N7O3. The zero-order chi connectivity index (χ0) is 23.3. The van der Waals surface area contributed by atoms with Crippen molar-refractivity contribution in [3.05, 3.63) is 42.6 Å². The smallest absolute Gasteiger partial charge is 0.269 e. The van der Waals surface area contributed by atoms with E-state index in [0.29, 0.717) is 11.5 Å². The number of amides is 1. The second-order valence-electron chi connectivity index (χ2n) is 8.57. The molecule has 178 valence electrons. The number of fused-ring (bicyclic) bond motifs is 1. The van der Waals surface area contributed by atoms with Crippen LogP contribution in [-0.4, -0.2) is 71.3 Å². The Morgan fingerprint density at radius 3 is 2.62 bits per heavy atom. The molecule has 1 aliphatic heterocycles. The summed E-state index contributed by atoms with van der Waals surface area (Å²) in [5.41, 5.74) is 3.08. The Balaban J connectivity index is 1.25. The van der Waals surface area contributed by atoms with Crippen molar-refractivity contribution < 1.29 is 14.3 Å². The van der Waals surface area contributed by atoms with Crippen LogP contribution in [0.3, 0.4) is 0 Å². The number of carbonyl (C=O) groups is 1. The molecule has 1 amide bonds. The number of nitrogens with one attached hydrogen (secondary N) is 2. The van der Waals surface area contributed by atoms with E-state index in [0.717, 1.165) is 74.5 Å². The predicted molar refractivity (Wildman–Crippen MR) is 128 cm³/mol. The van der Waals surface area contributed by atoms with Gasteiger partial charge in [0, 0.05) is 56.4 Å². The van der Waals surface area contributed by atoms with Gasteiger partial charge in [0.2, 0.25) is 0 Å². The first-order chi connectivity index (χ1) is 16.7. The Kier molecular flexibility index (Phi) is 6.66. The van der Waals surface area contributed by atoms with Crippen molar-refractivity contribution >= 4 is 28.4 Å². The molecule has 34 heavy (non-hydrogen) atoms. The summed E-state index contributed by atoms with van der Waals surface area (Å²) < 4.78 is 12.0. The topological polar surface area (TPSA) is 114 Å².